The minimum Gasteiger partial charge on any atom is -0.464 e. The molecule has 3 heteroatoms. The van der Waals surface area contributed by atoms with E-state index < -0.39 is 0 Å². The lowest BCUT2D eigenvalue weighted by Gasteiger charge is -2.15. The van der Waals surface area contributed by atoms with Crippen molar-refractivity contribution in [3.05, 3.63) is 0 Å². The van der Waals surface area contributed by atoms with E-state index in [1.165, 1.54) is 0 Å². The first kappa shape index (κ1) is 7.92. The van der Waals surface area contributed by atoms with Gasteiger partial charge >= 0.3 is 5.90 Å². The van der Waals surface area contributed by atoms with Crippen molar-refractivity contribution in [1.29, 1.82) is 0 Å². The number of thioether (sulfide) groups is 1. The summed E-state index contributed by atoms with van der Waals surface area (Å²) < 4.78 is 2.03. The van der Waals surface area contributed by atoms with Gasteiger partial charge in [-0.2, -0.15) is 0 Å². The molecule has 0 bridgehead atoms. The van der Waals surface area contributed by atoms with Crippen molar-refractivity contribution >= 4 is 17.7 Å². The number of rotatable bonds is 0. The molecule has 58 valence electrons. The van der Waals surface area contributed by atoms with Crippen molar-refractivity contribution < 1.29 is 9.68 Å². The molecule has 1 rings (SSSR count). The highest BCUT2D eigenvalue weighted by Crippen LogP contribution is 2.14. The molecule has 2 nitrogen and oxygen atoms in total. The molecule has 0 unspecified atom stereocenters. The van der Waals surface area contributed by atoms with Crippen LogP contribution in [0.2, 0.25) is 0 Å². The lowest BCUT2D eigenvalue weighted by Crippen LogP contribution is -2.32. The summed E-state index contributed by atoms with van der Waals surface area (Å²) >= 11 is 1.97. The second-order valence-corrected chi connectivity index (χ2v) is 4.22. The smallest absolute Gasteiger partial charge is 0.330 e. The van der Waals surface area contributed by atoms with Gasteiger partial charge in [0.1, 0.15) is 0 Å². The number of aliphatic hydroxyl groups is 1. The van der Waals surface area contributed by atoms with E-state index in [0.717, 1.165) is 18.8 Å². The zero-order chi connectivity index (χ0) is 7.56. The second kappa shape index (κ2) is 3.28. The molecular weight excluding hydrogens is 146 g/mol. The standard InChI is InChI=1S/C7H13NOS/c1-6-5-8(7(2)9)3-4-10-6/h6H,3-5H2,1-2H3/p+1/t6-/m1/s1. The normalized spacial score (nSPS) is 32.0. The van der Waals surface area contributed by atoms with E-state index in [4.69, 9.17) is 5.11 Å². The second-order valence-electron chi connectivity index (χ2n) is 2.67. The first-order chi connectivity index (χ1) is 4.70. The summed E-state index contributed by atoms with van der Waals surface area (Å²) in [6.07, 6.45) is 0. The topological polar surface area (TPSA) is 23.2 Å². The maximum atomic E-state index is 9.13. The Bertz CT molecular complexity index is 152. The number of hydrogen-bond acceptors (Lipinski definition) is 1. The van der Waals surface area contributed by atoms with Crippen LogP contribution >= 0.6 is 11.8 Å². The van der Waals surface area contributed by atoms with E-state index in [0.29, 0.717) is 11.1 Å². The molecule has 10 heavy (non-hydrogen) atoms. The fourth-order valence-corrected chi connectivity index (χ4v) is 2.13. The summed E-state index contributed by atoms with van der Waals surface area (Å²) in [6, 6.07) is 0. The Kier molecular flexibility index (Phi) is 2.60. The highest BCUT2D eigenvalue weighted by Gasteiger charge is 2.20. The molecule has 1 atom stereocenters. The lowest BCUT2D eigenvalue weighted by molar-refractivity contribution is -0.532. The van der Waals surface area contributed by atoms with Gasteiger partial charge in [0.25, 0.3) is 0 Å². The Hall–Kier alpha value is -0.180. The van der Waals surface area contributed by atoms with Gasteiger partial charge in [0.2, 0.25) is 0 Å². The van der Waals surface area contributed by atoms with Crippen molar-refractivity contribution in [3.63, 3.8) is 0 Å². The van der Waals surface area contributed by atoms with Crippen molar-refractivity contribution in [2.45, 2.75) is 19.1 Å². The predicted molar refractivity (Wildman–Crippen MR) is 45.2 cm³/mol. The van der Waals surface area contributed by atoms with Crippen LogP contribution in [0.15, 0.2) is 0 Å². The van der Waals surface area contributed by atoms with Crippen molar-refractivity contribution in [2.24, 2.45) is 0 Å². The summed E-state index contributed by atoms with van der Waals surface area (Å²) in [4.78, 5) is 0. The first-order valence-corrected chi connectivity index (χ1v) is 4.64. The van der Waals surface area contributed by atoms with Gasteiger partial charge in [-0.3, -0.25) is 0 Å². The van der Waals surface area contributed by atoms with Gasteiger partial charge in [-0.25, -0.2) is 4.58 Å². The maximum absolute atomic E-state index is 9.13. The molecule has 1 N–H and O–H groups in total. The highest BCUT2D eigenvalue weighted by atomic mass is 32.2. The van der Waals surface area contributed by atoms with Gasteiger partial charge in [-0.1, -0.05) is 0 Å². The zero-order valence-electron chi connectivity index (χ0n) is 6.50. The van der Waals surface area contributed by atoms with E-state index >= 15 is 0 Å². The molecule has 0 aromatic rings. The Morgan fingerprint density at radius 3 is 2.80 bits per heavy atom. The highest BCUT2D eigenvalue weighted by molar-refractivity contribution is 7.99. The minimum absolute atomic E-state index is 0.465. The third kappa shape index (κ3) is 1.90. The fourth-order valence-electron chi connectivity index (χ4n) is 1.11. The van der Waals surface area contributed by atoms with E-state index in [-0.39, 0.29) is 0 Å². The Balaban J connectivity index is 2.55. The average molecular weight is 160 g/mol. The van der Waals surface area contributed by atoms with Crippen LogP contribution < -0.4 is 0 Å². The van der Waals surface area contributed by atoms with Gasteiger partial charge in [0.05, 0.1) is 17.9 Å². The van der Waals surface area contributed by atoms with E-state index in [2.05, 4.69) is 6.92 Å². The van der Waals surface area contributed by atoms with Gasteiger partial charge < -0.3 is 5.11 Å². The third-order valence-electron chi connectivity index (χ3n) is 1.70. The predicted octanol–water partition coefficient (Wildman–Crippen LogP) is 1.11. The van der Waals surface area contributed by atoms with Crippen LogP contribution in [0.4, 0.5) is 0 Å². The summed E-state index contributed by atoms with van der Waals surface area (Å²) in [6.45, 7) is 5.94. The molecule has 0 aromatic carbocycles. The summed E-state index contributed by atoms with van der Waals surface area (Å²) in [5.74, 6) is 1.60. The van der Waals surface area contributed by atoms with Crippen LogP contribution in [0.1, 0.15) is 13.8 Å². The Labute approximate surface area is 65.9 Å². The molecule has 1 saturated heterocycles. The van der Waals surface area contributed by atoms with Gasteiger partial charge in [-0.15, -0.1) is 11.8 Å². The van der Waals surface area contributed by atoms with Crippen LogP contribution in [0.5, 0.6) is 0 Å². The molecule has 0 radical (unpaired) electrons. The summed E-state index contributed by atoms with van der Waals surface area (Å²) in [5, 5.41) is 9.79. The third-order valence-corrected chi connectivity index (χ3v) is 2.84. The molecule has 1 fully saturated rings. The molecule has 0 saturated carbocycles. The first-order valence-electron chi connectivity index (χ1n) is 3.59. The monoisotopic (exact) mass is 160 g/mol. The molecule has 1 aliphatic heterocycles. The maximum Gasteiger partial charge on any atom is 0.330 e. The van der Waals surface area contributed by atoms with Crippen LogP contribution in [0, 0.1) is 0 Å². The Morgan fingerprint density at radius 1 is 1.70 bits per heavy atom. The van der Waals surface area contributed by atoms with Crippen molar-refractivity contribution in [3.8, 4) is 0 Å². The van der Waals surface area contributed by atoms with E-state index in [1.807, 2.05) is 16.3 Å². The molecule has 0 spiro atoms. The van der Waals surface area contributed by atoms with Crippen LogP contribution in [-0.4, -0.2) is 39.7 Å². The number of hydrogen-bond donors (Lipinski definition) is 1. The largest absolute Gasteiger partial charge is 0.464 e. The fraction of sp³-hybridized carbons (Fsp3) is 0.857. The average Bonchev–Trinajstić information content (AvgIpc) is 1.88. The van der Waals surface area contributed by atoms with Crippen molar-refractivity contribution in [2.75, 3.05) is 18.8 Å². The SMILES string of the molecule is CC(O)=[N+]1CCS[C@H](C)C1. The molecule has 0 amide bonds. The Morgan fingerprint density at radius 2 is 2.40 bits per heavy atom. The van der Waals surface area contributed by atoms with Crippen LogP contribution in [-0.2, 0) is 0 Å². The number of nitrogens with zero attached hydrogens (tertiary/aromatic N) is 1. The van der Waals surface area contributed by atoms with E-state index in [9.17, 15) is 0 Å². The minimum atomic E-state index is 0.465. The van der Waals surface area contributed by atoms with Gasteiger partial charge in [0.15, 0.2) is 13.1 Å². The molecule has 1 heterocycles. The lowest BCUT2D eigenvalue weighted by atomic mass is 10.4. The van der Waals surface area contributed by atoms with Gasteiger partial charge in [0, 0.05) is 0 Å². The zero-order valence-corrected chi connectivity index (χ0v) is 7.32. The summed E-state index contributed by atoms with van der Waals surface area (Å²) in [5.41, 5.74) is 0. The molecule has 0 aliphatic carbocycles. The molecule has 1 aliphatic rings. The quantitative estimate of drug-likeness (QED) is 0.424. The summed E-state index contributed by atoms with van der Waals surface area (Å²) in [7, 11) is 0. The van der Waals surface area contributed by atoms with Crippen LogP contribution in [0.25, 0.3) is 0 Å². The van der Waals surface area contributed by atoms with Crippen LogP contribution in [0.3, 0.4) is 0 Å². The van der Waals surface area contributed by atoms with E-state index in [1.54, 1.807) is 6.92 Å². The number of aliphatic hydroxyl groups excluding tert-OH is 1. The van der Waals surface area contributed by atoms with Gasteiger partial charge in [-0.05, 0) is 6.92 Å². The van der Waals surface area contributed by atoms with Crippen molar-refractivity contribution in [1.82, 2.24) is 0 Å². The molecular formula is C7H14NOS+. The molecule has 0 aromatic heterocycles.